The maximum Gasteiger partial charge on any atom is 4.00 e. The van der Waals surface area contributed by atoms with Crippen molar-refractivity contribution in [3.05, 3.63) is 97.8 Å². The van der Waals surface area contributed by atoms with Gasteiger partial charge >= 0.3 is 25.8 Å². The van der Waals surface area contributed by atoms with Gasteiger partial charge in [-0.05, 0) is 12.8 Å². The average Bonchev–Trinajstić information content (AvgIpc) is 3.27. The maximum atomic E-state index is 2.35. The number of hydrogen-bond donors (Lipinski definition) is 0. The van der Waals surface area contributed by atoms with Gasteiger partial charge in [0.05, 0.1) is 0 Å². The summed E-state index contributed by atoms with van der Waals surface area (Å²) in [5, 5.41) is 5.75. The van der Waals surface area contributed by atoms with Gasteiger partial charge in [0.2, 0.25) is 0 Å². The molecule has 2 heteroatoms. The Labute approximate surface area is 221 Å². The van der Waals surface area contributed by atoms with Gasteiger partial charge in [-0.25, -0.2) is 0 Å². The Morgan fingerprint density at radius 1 is 0.594 bits per heavy atom. The molecule has 0 saturated carbocycles. The van der Waals surface area contributed by atoms with Crippen molar-refractivity contribution in [1.82, 2.24) is 0 Å². The first kappa shape index (κ1) is 32.9. The Morgan fingerprint density at radius 2 is 0.938 bits per heavy atom. The van der Waals surface area contributed by atoms with Crippen LogP contribution in [0.4, 0.5) is 0 Å². The predicted octanol–water partition coefficient (Wildman–Crippen LogP) is 8.66. The summed E-state index contributed by atoms with van der Waals surface area (Å²) in [4.78, 5) is 0. The first-order valence-corrected chi connectivity index (χ1v) is 11.1. The SMILES string of the molecule is CCCc1c(CC)[cH-]c2ccccc12.CCCc1c(CC)[cH-]c2ccccc12.[CH3-].[CH3-].[Hf+4].[Si]. The third-order valence-electron chi connectivity index (χ3n) is 5.77. The van der Waals surface area contributed by atoms with Crippen molar-refractivity contribution in [3.63, 3.8) is 0 Å². The van der Waals surface area contributed by atoms with Crippen molar-refractivity contribution in [1.29, 1.82) is 0 Å². The first-order valence-electron chi connectivity index (χ1n) is 11.1. The second-order valence-electron chi connectivity index (χ2n) is 7.68. The molecule has 0 heterocycles. The van der Waals surface area contributed by atoms with Crippen LogP contribution in [0.15, 0.2) is 60.7 Å². The molecule has 0 atom stereocenters. The fraction of sp³-hybridized carbons (Fsp3) is 0.333. The molecule has 4 aromatic carbocycles. The van der Waals surface area contributed by atoms with Crippen LogP contribution < -0.4 is 0 Å². The van der Waals surface area contributed by atoms with Crippen LogP contribution in [0, 0.1) is 14.9 Å². The number of benzene rings is 2. The first-order chi connectivity index (χ1) is 13.7. The van der Waals surface area contributed by atoms with Crippen LogP contribution >= 0.6 is 0 Å². The molecule has 0 aliphatic carbocycles. The van der Waals surface area contributed by atoms with Gasteiger partial charge in [-0.1, -0.05) is 65.5 Å². The molecule has 0 saturated heterocycles. The summed E-state index contributed by atoms with van der Waals surface area (Å²) in [6.45, 7) is 8.99. The normalized spacial score (nSPS) is 9.62. The molecule has 0 aliphatic heterocycles. The van der Waals surface area contributed by atoms with Gasteiger partial charge < -0.3 is 14.9 Å². The van der Waals surface area contributed by atoms with Gasteiger partial charge in [0.15, 0.2) is 0 Å². The van der Waals surface area contributed by atoms with E-state index >= 15 is 0 Å². The van der Waals surface area contributed by atoms with E-state index in [1.54, 1.807) is 11.1 Å². The van der Waals surface area contributed by atoms with E-state index < -0.39 is 0 Å². The summed E-state index contributed by atoms with van der Waals surface area (Å²) < 4.78 is 0. The van der Waals surface area contributed by atoms with E-state index in [-0.39, 0.29) is 51.7 Å². The van der Waals surface area contributed by atoms with Gasteiger partial charge in [0.25, 0.3) is 0 Å². The van der Waals surface area contributed by atoms with Gasteiger partial charge in [-0.15, -0.1) is 81.2 Å². The molecule has 0 fully saturated rings. The van der Waals surface area contributed by atoms with Crippen LogP contribution in [0.2, 0.25) is 0 Å². The third-order valence-corrected chi connectivity index (χ3v) is 5.77. The Morgan fingerprint density at radius 3 is 1.25 bits per heavy atom. The molecule has 0 spiro atoms. The zero-order valence-electron chi connectivity index (χ0n) is 21.0. The molecule has 0 unspecified atom stereocenters. The fourth-order valence-electron chi connectivity index (χ4n) is 4.41. The fourth-order valence-corrected chi connectivity index (χ4v) is 4.41. The number of rotatable bonds is 6. The topological polar surface area (TPSA) is 0 Å². The van der Waals surface area contributed by atoms with E-state index in [0.717, 1.165) is 12.8 Å². The maximum absolute atomic E-state index is 2.35. The van der Waals surface area contributed by atoms with Crippen LogP contribution in [0.3, 0.4) is 0 Å². The second kappa shape index (κ2) is 16.4. The number of hydrogen-bond acceptors (Lipinski definition) is 0. The third kappa shape index (κ3) is 7.38. The Hall–Kier alpha value is -1.25. The Balaban J connectivity index is 0. The minimum absolute atomic E-state index is 0. The second-order valence-corrected chi connectivity index (χ2v) is 7.68. The van der Waals surface area contributed by atoms with Crippen molar-refractivity contribution < 1.29 is 25.8 Å². The summed E-state index contributed by atoms with van der Waals surface area (Å²) in [5.41, 5.74) is 6.22. The summed E-state index contributed by atoms with van der Waals surface area (Å²) in [6.07, 6.45) is 7.23. The largest absolute Gasteiger partial charge is 4.00 e. The predicted molar refractivity (Wildman–Crippen MR) is 144 cm³/mol. The smallest absolute Gasteiger partial charge is 0.358 e. The van der Waals surface area contributed by atoms with Crippen LogP contribution in [-0.4, -0.2) is 11.0 Å². The quantitative estimate of drug-likeness (QED) is 0.152. The molecule has 4 radical (unpaired) electrons. The molecule has 168 valence electrons. The average molecular weight is 607 g/mol. The molecule has 4 aromatic rings. The number of fused-ring (bicyclic) bond motifs is 2. The van der Waals surface area contributed by atoms with E-state index in [9.17, 15) is 0 Å². The summed E-state index contributed by atoms with van der Waals surface area (Å²) >= 11 is 0. The molecule has 0 N–H and O–H groups in total. The summed E-state index contributed by atoms with van der Waals surface area (Å²) in [6, 6.07) is 22.2. The summed E-state index contributed by atoms with van der Waals surface area (Å²) in [5.74, 6) is 0. The Kier molecular flexibility index (Phi) is 16.8. The monoisotopic (exact) mass is 608 g/mol. The molecular formula is C30H40HfSi. The molecule has 4 rings (SSSR count). The molecule has 32 heavy (non-hydrogen) atoms. The van der Waals surface area contributed by atoms with E-state index in [4.69, 9.17) is 0 Å². The summed E-state index contributed by atoms with van der Waals surface area (Å²) in [7, 11) is 0. The van der Waals surface area contributed by atoms with Crippen LogP contribution in [0.25, 0.3) is 21.5 Å². The molecular weight excluding hydrogens is 567 g/mol. The van der Waals surface area contributed by atoms with Gasteiger partial charge in [-0.3, -0.25) is 0 Å². The van der Waals surface area contributed by atoms with E-state index in [1.165, 1.54) is 58.4 Å². The van der Waals surface area contributed by atoms with Gasteiger partial charge in [0, 0.05) is 11.0 Å². The van der Waals surface area contributed by atoms with Crippen molar-refractivity contribution in [3.8, 4) is 0 Å². The van der Waals surface area contributed by atoms with Gasteiger partial charge in [0.1, 0.15) is 0 Å². The van der Waals surface area contributed by atoms with Crippen molar-refractivity contribution in [2.24, 2.45) is 0 Å². The van der Waals surface area contributed by atoms with E-state index in [2.05, 4.69) is 88.4 Å². The van der Waals surface area contributed by atoms with Crippen molar-refractivity contribution in [2.75, 3.05) is 0 Å². The van der Waals surface area contributed by atoms with Crippen molar-refractivity contribution >= 4 is 32.5 Å². The van der Waals surface area contributed by atoms with Crippen LogP contribution in [0.1, 0.15) is 62.8 Å². The minimum Gasteiger partial charge on any atom is -0.358 e. The standard InChI is InChI=1S/2C14H17.2CH3.Hf.Si/c2*1-3-7-13-11(4-2)10-12-8-5-6-9-14(12)13;;;;/h2*5-6,8-10H,3-4,7H2,1-2H3;2*1H3;;/q4*-1;+4;. The van der Waals surface area contributed by atoms with Crippen LogP contribution in [-0.2, 0) is 51.5 Å². The van der Waals surface area contributed by atoms with Gasteiger partial charge in [-0.2, -0.15) is 11.1 Å². The molecule has 0 aromatic heterocycles. The van der Waals surface area contributed by atoms with E-state index in [0.29, 0.717) is 0 Å². The minimum atomic E-state index is 0. The van der Waals surface area contributed by atoms with Crippen LogP contribution in [0.5, 0.6) is 0 Å². The Bertz CT molecular complexity index is 938. The zero-order valence-corrected chi connectivity index (χ0v) is 25.6. The number of aryl methyl sites for hydroxylation is 4. The molecule has 0 bridgehead atoms. The van der Waals surface area contributed by atoms with Crippen molar-refractivity contribution in [2.45, 2.75) is 66.2 Å². The zero-order chi connectivity index (χ0) is 19.9. The molecule has 0 nitrogen and oxygen atoms in total. The molecule has 0 aliphatic rings. The molecule has 0 amide bonds. The van der Waals surface area contributed by atoms with E-state index in [1.807, 2.05) is 0 Å².